The summed E-state index contributed by atoms with van der Waals surface area (Å²) < 4.78 is 0. The number of fused-ring (bicyclic) bond motifs is 2. The van der Waals surface area contributed by atoms with Crippen LogP contribution in [0.5, 0.6) is 0 Å². The van der Waals surface area contributed by atoms with Crippen LogP contribution in [0.15, 0.2) is 60.7 Å². The molecule has 0 saturated heterocycles. The van der Waals surface area contributed by atoms with Crippen LogP contribution in [-0.4, -0.2) is 23.3 Å². The standard InChI is InChI=1S/C34H35NO2/c1-2-3-4-5-6-7-8-9-10-11-22-35-33(36)28-20-18-26-24-16-12-14-23-15-13-17-25(30(23)24)27-19-21-29(34(35)37)32(28)31(26)27/h12-21H,2-11,22H2,1H3. The molecule has 0 aromatic heterocycles. The summed E-state index contributed by atoms with van der Waals surface area (Å²) in [7, 11) is 0. The highest BCUT2D eigenvalue weighted by Crippen LogP contribution is 2.43. The first-order valence-electron chi connectivity index (χ1n) is 14.2. The number of nitrogens with zero attached hydrogens (tertiary/aromatic N) is 1. The zero-order chi connectivity index (χ0) is 25.4. The zero-order valence-electron chi connectivity index (χ0n) is 21.8. The summed E-state index contributed by atoms with van der Waals surface area (Å²) in [6, 6.07) is 20.8. The highest BCUT2D eigenvalue weighted by Gasteiger charge is 2.33. The van der Waals surface area contributed by atoms with Gasteiger partial charge in [0, 0.05) is 23.1 Å². The minimum atomic E-state index is -0.144. The van der Waals surface area contributed by atoms with Crippen LogP contribution in [0.3, 0.4) is 0 Å². The van der Waals surface area contributed by atoms with Crippen LogP contribution in [0.25, 0.3) is 43.1 Å². The van der Waals surface area contributed by atoms with Crippen molar-refractivity contribution in [2.45, 2.75) is 71.1 Å². The molecule has 2 amide bonds. The maximum Gasteiger partial charge on any atom is 0.261 e. The molecule has 0 radical (unpaired) electrons. The van der Waals surface area contributed by atoms with Crippen LogP contribution in [0.1, 0.15) is 91.8 Å². The predicted octanol–water partition coefficient (Wildman–Crippen LogP) is 9.25. The van der Waals surface area contributed by atoms with E-state index in [0.29, 0.717) is 17.7 Å². The summed E-state index contributed by atoms with van der Waals surface area (Å²) in [5.41, 5.74) is 1.32. The second-order valence-electron chi connectivity index (χ2n) is 10.7. The number of carbonyl (C=O) groups is 2. The Morgan fingerprint density at radius 2 is 1.00 bits per heavy atom. The molecule has 3 heteroatoms. The van der Waals surface area contributed by atoms with E-state index in [-0.39, 0.29) is 11.8 Å². The molecule has 5 aromatic rings. The number of hydrogen-bond acceptors (Lipinski definition) is 2. The number of carbonyl (C=O) groups excluding carboxylic acids is 2. The van der Waals surface area contributed by atoms with Gasteiger partial charge in [-0.05, 0) is 56.3 Å². The monoisotopic (exact) mass is 489 g/mol. The van der Waals surface area contributed by atoms with Crippen molar-refractivity contribution in [3.8, 4) is 0 Å². The average Bonchev–Trinajstić information content (AvgIpc) is 2.93. The van der Waals surface area contributed by atoms with E-state index < -0.39 is 0 Å². The Kier molecular flexibility index (Phi) is 6.54. The predicted molar refractivity (Wildman–Crippen MR) is 155 cm³/mol. The van der Waals surface area contributed by atoms with Crippen LogP contribution in [0, 0.1) is 0 Å². The fourth-order valence-corrected chi connectivity index (χ4v) is 6.43. The molecule has 0 unspecified atom stereocenters. The van der Waals surface area contributed by atoms with Gasteiger partial charge in [-0.2, -0.15) is 0 Å². The van der Waals surface area contributed by atoms with Crippen LogP contribution < -0.4 is 0 Å². The van der Waals surface area contributed by atoms with Crippen molar-refractivity contribution in [1.82, 2.24) is 4.90 Å². The lowest BCUT2D eigenvalue weighted by molar-refractivity contribution is 0.0608. The molecule has 1 heterocycles. The third-order valence-electron chi connectivity index (χ3n) is 8.33. The van der Waals surface area contributed by atoms with Gasteiger partial charge in [0.2, 0.25) is 0 Å². The Balaban J connectivity index is 1.25. The van der Waals surface area contributed by atoms with Crippen molar-refractivity contribution >= 4 is 54.9 Å². The second kappa shape index (κ2) is 10.1. The highest BCUT2D eigenvalue weighted by molar-refractivity contribution is 6.38. The van der Waals surface area contributed by atoms with E-state index in [1.54, 1.807) is 0 Å². The Bertz CT molecular complexity index is 1520. The molecule has 1 aliphatic heterocycles. The van der Waals surface area contributed by atoms with E-state index in [9.17, 15) is 9.59 Å². The third kappa shape index (κ3) is 4.05. The first kappa shape index (κ1) is 23.9. The van der Waals surface area contributed by atoms with Crippen molar-refractivity contribution in [3.05, 3.63) is 71.8 Å². The Morgan fingerprint density at radius 1 is 0.514 bits per heavy atom. The van der Waals surface area contributed by atoms with Crippen molar-refractivity contribution in [3.63, 3.8) is 0 Å². The van der Waals surface area contributed by atoms with Gasteiger partial charge in [-0.3, -0.25) is 14.5 Å². The van der Waals surface area contributed by atoms with Crippen LogP contribution >= 0.6 is 0 Å². The van der Waals surface area contributed by atoms with Gasteiger partial charge in [0.05, 0.1) is 0 Å². The van der Waals surface area contributed by atoms with Gasteiger partial charge >= 0.3 is 0 Å². The van der Waals surface area contributed by atoms with E-state index in [4.69, 9.17) is 0 Å². The van der Waals surface area contributed by atoms with Gasteiger partial charge in [-0.25, -0.2) is 0 Å². The van der Waals surface area contributed by atoms with Crippen LogP contribution in [-0.2, 0) is 0 Å². The van der Waals surface area contributed by atoms with Gasteiger partial charge in [0.25, 0.3) is 11.8 Å². The second-order valence-corrected chi connectivity index (χ2v) is 10.7. The molecule has 37 heavy (non-hydrogen) atoms. The fraction of sp³-hybridized carbons (Fsp3) is 0.353. The molecule has 0 saturated carbocycles. The van der Waals surface area contributed by atoms with E-state index in [1.165, 1.54) is 77.8 Å². The normalized spacial score (nSPS) is 13.7. The summed E-state index contributed by atoms with van der Waals surface area (Å²) in [5.74, 6) is -0.289. The van der Waals surface area contributed by atoms with Gasteiger partial charge < -0.3 is 0 Å². The number of unbranched alkanes of at least 4 members (excludes halogenated alkanes) is 9. The largest absolute Gasteiger partial charge is 0.274 e. The Hall–Kier alpha value is -3.46. The van der Waals surface area contributed by atoms with Crippen LogP contribution in [0.2, 0.25) is 0 Å². The van der Waals surface area contributed by atoms with E-state index in [0.717, 1.165) is 34.4 Å². The van der Waals surface area contributed by atoms with Crippen molar-refractivity contribution in [2.24, 2.45) is 0 Å². The number of amides is 2. The summed E-state index contributed by atoms with van der Waals surface area (Å²) >= 11 is 0. The molecule has 0 fully saturated rings. The number of imide groups is 1. The molecule has 0 spiro atoms. The minimum absolute atomic E-state index is 0.144. The maximum absolute atomic E-state index is 13.6. The minimum Gasteiger partial charge on any atom is -0.274 e. The third-order valence-corrected chi connectivity index (χ3v) is 8.33. The molecule has 0 bridgehead atoms. The molecular formula is C34H35NO2. The number of hydrogen-bond donors (Lipinski definition) is 0. The Morgan fingerprint density at radius 3 is 1.54 bits per heavy atom. The molecular weight excluding hydrogens is 454 g/mol. The van der Waals surface area contributed by atoms with E-state index in [2.05, 4.69) is 55.5 Å². The van der Waals surface area contributed by atoms with Crippen molar-refractivity contribution in [1.29, 1.82) is 0 Å². The van der Waals surface area contributed by atoms with Crippen LogP contribution in [0.4, 0.5) is 0 Å². The quantitative estimate of drug-likeness (QED) is 0.0802. The van der Waals surface area contributed by atoms with E-state index in [1.807, 2.05) is 12.1 Å². The first-order chi connectivity index (χ1) is 18.2. The molecule has 1 aliphatic rings. The number of rotatable bonds is 11. The van der Waals surface area contributed by atoms with Crippen molar-refractivity contribution in [2.75, 3.05) is 6.54 Å². The topological polar surface area (TPSA) is 37.4 Å². The maximum atomic E-state index is 13.6. The summed E-state index contributed by atoms with van der Waals surface area (Å²) in [6.07, 6.45) is 12.3. The lowest BCUT2D eigenvalue weighted by atomic mass is 9.85. The lowest BCUT2D eigenvalue weighted by Gasteiger charge is -2.28. The van der Waals surface area contributed by atoms with E-state index >= 15 is 0 Å². The first-order valence-corrected chi connectivity index (χ1v) is 14.2. The van der Waals surface area contributed by atoms with Gasteiger partial charge in [-0.15, -0.1) is 0 Å². The molecule has 6 rings (SSSR count). The molecule has 0 atom stereocenters. The Labute approximate surface area is 218 Å². The molecule has 3 nitrogen and oxygen atoms in total. The van der Waals surface area contributed by atoms with Gasteiger partial charge in [-0.1, -0.05) is 113 Å². The lowest BCUT2D eigenvalue weighted by Crippen LogP contribution is -2.40. The van der Waals surface area contributed by atoms with Crippen molar-refractivity contribution < 1.29 is 9.59 Å². The summed E-state index contributed by atoms with van der Waals surface area (Å²) in [6.45, 7) is 2.75. The van der Waals surface area contributed by atoms with Gasteiger partial charge in [0.1, 0.15) is 0 Å². The zero-order valence-corrected chi connectivity index (χ0v) is 21.8. The van der Waals surface area contributed by atoms with Gasteiger partial charge in [0.15, 0.2) is 0 Å². The number of benzene rings is 5. The fourth-order valence-electron chi connectivity index (χ4n) is 6.43. The highest BCUT2D eigenvalue weighted by atomic mass is 16.2. The molecule has 0 N–H and O–H groups in total. The average molecular weight is 490 g/mol. The SMILES string of the molecule is CCCCCCCCCCCCN1C(=O)c2ccc3c4cccc5cccc(c6ccc(c2c36)C1=O)c54. The molecule has 0 aliphatic carbocycles. The molecule has 5 aromatic carbocycles. The smallest absolute Gasteiger partial charge is 0.261 e. The summed E-state index contributed by atoms with van der Waals surface area (Å²) in [4.78, 5) is 28.6. The molecule has 188 valence electrons. The summed E-state index contributed by atoms with van der Waals surface area (Å²) in [5, 5.41) is 8.92.